The molecule has 1 aromatic carbocycles. The van der Waals surface area contributed by atoms with E-state index in [0.29, 0.717) is 23.3 Å². The van der Waals surface area contributed by atoms with Crippen molar-refractivity contribution < 1.29 is 50.9 Å². The number of hydrogen-bond acceptors (Lipinski definition) is 5. The molecule has 1 fully saturated rings. The number of aromatic nitrogens is 1. The molecule has 4 rings (SSSR count). The number of alkyl halides is 6. The number of rotatable bonds is 4. The van der Waals surface area contributed by atoms with Crippen molar-refractivity contribution in [3.05, 3.63) is 65.5 Å². The molecule has 1 aliphatic heterocycles. The summed E-state index contributed by atoms with van der Waals surface area (Å²) < 4.78 is 63.5. The van der Waals surface area contributed by atoms with Gasteiger partial charge in [-0.2, -0.15) is 26.3 Å². The van der Waals surface area contributed by atoms with Gasteiger partial charge in [0.25, 0.3) is 5.91 Å². The first-order valence-corrected chi connectivity index (χ1v) is 11.6. The molecule has 2 aliphatic rings. The summed E-state index contributed by atoms with van der Waals surface area (Å²) in [4.78, 5) is 37.1. The van der Waals surface area contributed by atoms with Crippen LogP contribution in [0, 0.1) is 11.8 Å². The molecule has 1 aliphatic carbocycles. The number of likely N-dealkylation sites (tertiary alicyclic amines) is 1. The third-order valence-electron chi connectivity index (χ3n) is 5.94. The molecule has 0 radical (unpaired) electrons. The van der Waals surface area contributed by atoms with Gasteiger partial charge in [-0.05, 0) is 29.2 Å². The molecule has 1 amide bonds. The zero-order valence-corrected chi connectivity index (χ0v) is 20.8. The predicted molar refractivity (Wildman–Crippen MR) is 126 cm³/mol. The molecule has 0 spiro atoms. The van der Waals surface area contributed by atoms with E-state index in [1.807, 2.05) is 0 Å². The highest BCUT2D eigenvalue weighted by atomic mass is 19.4. The number of benzene rings is 1. The van der Waals surface area contributed by atoms with Gasteiger partial charge in [-0.3, -0.25) is 9.78 Å². The Morgan fingerprint density at radius 3 is 1.87 bits per heavy atom. The fourth-order valence-electron chi connectivity index (χ4n) is 4.52. The van der Waals surface area contributed by atoms with E-state index in [1.165, 1.54) is 11.1 Å². The fraction of sp³-hybridized carbons (Fsp3) is 0.440. The molecule has 214 valence electrons. The molecule has 39 heavy (non-hydrogen) atoms. The van der Waals surface area contributed by atoms with Gasteiger partial charge < -0.3 is 20.4 Å². The number of amides is 1. The monoisotopic (exact) mass is 563 g/mol. The first-order chi connectivity index (χ1) is 18.0. The van der Waals surface area contributed by atoms with Crippen LogP contribution in [0.2, 0.25) is 0 Å². The minimum Gasteiger partial charge on any atom is -0.475 e. The third-order valence-corrected chi connectivity index (χ3v) is 5.94. The largest absolute Gasteiger partial charge is 0.490 e. The lowest BCUT2D eigenvalue weighted by molar-refractivity contribution is -0.193. The van der Waals surface area contributed by atoms with E-state index in [9.17, 15) is 31.1 Å². The van der Waals surface area contributed by atoms with Crippen LogP contribution in [-0.4, -0.2) is 69.9 Å². The highest BCUT2D eigenvalue weighted by Gasteiger charge is 2.46. The lowest BCUT2D eigenvalue weighted by Crippen LogP contribution is -2.34. The van der Waals surface area contributed by atoms with Crippen molar-refractivity contribution in [2.45, 2.75) is 38.2 Å². The zero-order chi connectivity index (χ0) is 29.5. The quantitative estimate of drug-likeness (QED) is 0.469. The van der Waals surface area contributed by atoms with Gasteiger partial charge in [0.1, 0.15) is 0 Å². The highest BCUT2D eigenvalue weighted by Crippen LogP contribution is 2.49. The van der Waals surface area contributed by atoms with E-state index < -0.39 is 24.3 Å². The number of nitrogens with one attached hydrogen (secondary N) is 1. The van der Waals surface area contributed by atoms with E-state index in [2.05, 4.69) is 53.3 Å². The Kier molecular flexibility index (Phi) is 10.4. The van der Waals surface area contributed by atoms with Crippen LogP contribution in [0.3, 0.4) is 0 Å². The van der Waals surface area contributed by atoms with Crippen LogP contribution >= 0.6 is 0 Å². The summed E-state index contributed by atoms with van der Waals surface area (Å²) in [6.07, 6.45) is -6.83. The molecule has 1 aromatic heterocycles. The van der Waals surface area contributed by atoms with Crippen LogP contribution in [-0.2, 0) is 9.59 Å². The Morgan fingerprint density at radius 2 is 1.41 bits per heavy atom. The Bertz CT molecular complexity index is 1120. The molecule has 0 bridgehead atoms. The van der Waals surface area contributed by atoms with Crippen molar-refractivity contribution in [3.8, 4) is 0 Å². The molecular formula is C25H27F6N3O5. The molecular weight excluding hydrogens is 536 g/mol. The van der Waals surface area contributed by atoms with Crippen LogP contribution in [0.25, 0.3) is 0 Å². The number of pyridine rings is 1. The molecule has 2 aromatic rings. The molecule has 14 heteroatoms. The minimum absolute atomic E-state index is 0.00911. The fourth-order valence-corrected chi connectivity index (χ4v) is 4.52. The first kappa shape index (κ1) is 31.5. The van der Waals surface area contributed by atoms with Crippen molar-refractivity contribution in [2.75, 3.05) is 19.6 Å². The second kappa shape index (κ2) is 12.9. The van der Waals surface area contributed by atoms with Crippen LogP contribution in [0.5, 0.6) is 0 Å². The molecule has 3 N–H and O–H groups in total. The van der Waals surface area contributed by atoms with Crippen molar-refractivity contribution in [3.63, 3.8) is 0 Å². The van der Waals surface area contributed by atoms with Gasteiger partial charge in [0.2, 0.25) is 0 Å². The summed E-state index contributed by atoms with van der Waals surface area (Å²) >= 11 is 0. The highest BCUT2D eigenvalue weighted by molar-refractivity contribution is 5.94. The summed E-state index contributed by atoms with van der Waals surface area (Å²) in [6.45, 7) is 7.82. The van der Waals surface area contributed by atoms with Crippen molar-refractivity contribution >= 4 is 17.8 Å². The Hall–Kier alpha value is -3.68. The standard InChI is InChI=1S/C21H25N3O.2C2HF3O2/c1-14(2)11-24-12-18-16-5-3-4-6-17(16)20(19(18)13-24)23-21(25)15-7-9-22-10-8-15;2*3-2(4,5)1(6)7/h3-10,14,18-20H,11-13H2,1-2H3,(H,23,25);2*(H,6,7)/t18-,19-,20+;;/m0../s1. The number of carbonyl (C=O) groups is 3. The lowest BCUT2D eigenvalue weighted by atomic mass is 9.94. The SMILES string of the molecule is CC(C)CN1C[C@@H]2[C@H](NC(=O)c3ccncc3)c3ccccc3[C@@H]2C1.O=C(O)C(F)(F)F.O=C(O)C(F)(F)F. The summed E-state index contributed by atoms with van der Waals surface area (Å²) in [5, 5.41) is 17.6. The second-order valence-electron chi connectivity index (χ2n) is 9.30. The lowest BCUT2D eigenvalue weighted by Gasteiger charge is -2.24. The minimum atomic E-state index is -5.08. The summed E-state index contributed by atoms with van der Waals surface area (Å²) in [5.41, 5.74) is 3.39. The van der Waals surface area contributed by atoms with Crippen LogP contribution in [0.15, 0.2) is 48.8 Å². The van der Waals surface area contributed by atoms with E-state index in [4.69, 9.17) is 19.8 Å². The molecule has 3 atom stereocenters. The summed E-state index contributed by atoms with van der Waals surface area (Å²) in [6, 6.07) is 12.3. The van der Waals surface area contributed by atoms with E-state index in [-0.39, 0.29) is 11.9 Å². The Morgan fingerprint density at radius 1 is 0.923 bits per heavy atom. The number of nitrogens with zero attached hydrogens (tertiary/aromatic N) is 2. The van der Waals surface area contributed by atoms with Crippen molar-refractivity contribution in [2.24, 2.45) is 11.8 Å². The van der Waals surface area contributed by atoms with Gasteiger partial charge in [0.15, 0.2) is 0 Å². The number of aliphatic carboxylic acids is 2. The molecule has 8 nitrogen and oxygen atoms in total. The van der Waals surface area contributed by atoms with Crippen molar-refractivity contribution in [1.82, 2.24) is 15.2 Å². The number of fused-ring (bicyclic) bond motifs is 3. The molecule has 2 heterocycles. The van der Waals surface area contributed by atoms with Gasteiger partial charge in [-0.15, -0.1) is 0 Å². The number of hydrogen-bond donors (Lipinski definition) is 3. The number of halogens is 6. The summed E-state index contributed by atoms with van der Waals surface area (Å²) in [5.74, 6) is -3.87. The van der Waals surface area contributed by atoms with Crippen molar-refractivity contribution in [1.29, 1.82) is 0 Å². The molecule has 0 unspecified atom stereocenters. The van der Waals surface area contributed by atoms with Crippen LogP contribution in [0.1, 0.15) is 47.3 Å². The van der Waals surface area contributed by atoms with Crippen LogP contribution in [0.4, 0.5) is 26.3 Å². The number of carboxylic acid groups (broad SMARTS) is 2. The topological polar surface area (TPSA) is 120 Å². The second-order valence-corrected chi connectivity index (χ2v) is 9.30. The zero-order valence-electron chi connectivity index (χ0n) is 20.8. The van der Waals surface area contributed by atoms with E-state index in [1.54, 1.807) is 24.5 Å². The maximum atomic E-state index is 12.7. The first-order valence-electron chi connectivity index (χ1n) is 11.6. The smallest absolute Gasteiger partial charge is 0.475 e. The van der Waals surface area contributed by atoms with Gasteiger partial charge in [0, 0.05) is 49.4 Å². The predicted octanol–water partition coefficient (Wildman–Crippen LogP) is 4.50. The normalized spacial score (nSPS) is 20.1. The van der Waals surface area contributed by atoms with Gasteiger partial charge in [-0.1, -0.05) is 38.1 Å². The Balaban J connectivity index is 0.000000317. The maximum Gasteiger partial charge on any atom is 0.490 e. The number of carbonyl (C=O) groups excluding carboxylic acids is 1. The average Bonchev–Trinajstić information content (AvgIpc) is 3.36. The van der Waals surface area contributed by atoms with Gasteiger partial charge in [0.05, 0.1) is 6.04 Å². The molecule has 0 saturated carbocycles. The maximum absolute atomic E-state index is 12.7. The van der Waals surface area contributed by atoms with Gasteiger partial charge >= 0.3 is 24.3 Å². The van der Waals surface area contributed by atoms with Crippen LogP contribution < -0.4 is 5.32 Å². The van der Waals surface area contributed by atoms with Gasteiger partial charge in [-0.25, -0.2) is 9.59 Å². The average molecular weight is 563 g/mol. The number of carboxylic acids is 2. The van der Waals surface area contributed by atoms with E-state index >= 15 is 0 Å². The van der Waals surface area contributed by atoms with E-state index in [0.717, 1.165) is 19.6 Å². The Labute approximate surface area is 219 Å². The third kappa shape index (κ3) is 8.94. The molecule has 1 saturated heterocycles. The summed E-state index contributed by atoms with van der Waals surface area (Å²) in [7, 11) is 0.